The maximum Gasteiger partial charge on any atom is 0.428 e. The number of hydrazone groups is 1. The van der Waals surface area contributed by atoms with Gasteiger partial charge in [0.05, 0.1) is 0 Å². The first-order valence-corrected chi connectivity index (χ1v) is 4.82. The second kappa shape index (κ2) is 5.62. The minimum Gasteiger partial charge on any atom is -0.443 e. The summed E-state index contributed by atoms with van der Waals surface area (Å²) in [5.41, 5.74) is 1.83. The SMILES string of the molecule is CC(C)CC=NNC(=O)OC(C)(C)C. The molecule has 0 saturated carbocycles. The molecule has 0 spiro atoms. The Labute approximate surface area is 85.7 Å². The number of ether oxygens (including phenoxy) is 1. The third-order valence-electron chi connectivity index (χ3n) is 1.22. The fourth-order valence-corrected chi connectivity index (χ4v) is 0.663. The van der Waals surface area contributed by atoms with Crippen LogP contribution >= 0.6 is 0 Å². The summed E-state index contributed by atoms with van der Waals surface area (Å²) >= 11 is 0. The average Bonchev–Trinajstić information content (AvgIpc) is 1.94. The molecule has 4 nitrogen and oxygen atoms in total. The van der Waals surface area contributed by atoms with Gasteiger partial charge in [0.15, 0.2) is 0 Å². The number of amides is 1. The van der Waals surface area contributed by atoms with Crippen molar-refractivity contribution in [2.24, 2.45) is 11.0 Å². The van der Waals surface area contributed by atoms with Crippen molar-refractivity contribution in [3.63, 3.8) is 0 Å². The van der Waals surface area contributed by atoms with Gasteiger partial charge in [-0.15, -0.1) is 0 Å². The molecule has 0 fully saturated rings. The van der Waals surface area contributed by atoms with E-state index in [0.29, 0.717) is 5.92 Å². The summed E-state index contributed by atoms with van der Waals surface area (Å²) in [5.74, 6) is 0.541. The number of nitrogens with zero attached hydrogens (tertiary/aromatic N) is 1. The summed E-state index contributed by atoms with van der Waals surface area (Å²) in [4.78, 5) is 11.1. The summed E-state index contributed by atoms with van der Waals surface area (Å²) in [5, 5.41) is 3.75. The van der Waals surface area contributed by atoms with Gasteiger partial charge in [-0.05, 0) is 33.1 Å². The Morgan fingerprint density at radius 2 is 2.07 bits per heavy atom. The van der Waals surface area contributed by atoms with Crippen molar-refractivity contribution in [3.05, 3.63) is 0 Å². The molecular weight excluding hydrogens is 180 g/mol. The largest absolute Gasteiger partial charge is 0.443 e. The Kier molecular flexibility index (Phi) is 5.20. The van der Waals surface area contributed by atoms with E-state index in [1.54, 1.807) is 6.21 Å². The number of carbonyl (C=O) groups is 1. The van der Waals surface area contributed by atoms with Crippen LogP contribution in [0.25, 0.3) is 0 Å². The van der Waals surface area contributed by atoms with Crippen molar-refractivity contribution in [2.75, 3.05) is 0 Å². The molecule has 0 aromatic heterocycles. The molecule has 0 heterocycles. The minimum atomic E-state index is -0.516. The molecule has 0 saturated heterocycles. The van der Waals surface area contributed by atoms with Crippen LogP contribution in [0.3, 0.4) is 0 Å². The summed E-state index contributed by atoms with van der Waals surface area (Å²) in [7, 11) is 0. The third kappa shape index (κ3) is 9.03. The van der Waals surface area contributed by atoms with Gasteiger partial charge in [-0.25, -0.2) is 10.2 Å². The molecule has 0 bridgehead atoms. The Morgan fingerprint density at radius 3 is 2.50 bits per heavy atom. The predicted octanol–water partition coefficient (Wildman–Crippen LogP) is 2.54. The van der Waals surface area contributed by atoms with Crippen molar-refractivity contribution in [3.8, 4) is 0 Å². The number of carbonyl (C=O) groups excluding carboxylic acids is 1. The molecule has 0 aliphatic carbocycles. The quantitative estimate of drug-likeness (QED) is 0.562. The molecule has 0 unspecified atom stereocenters. The van der Waals surface area contributed by atoms with Gasteiger partial charge >= 0.3 is 6.09 Å². The van der Waals surface area contributed by atoms with Crippen LogP contribution in [0.1, 0.15) is 41.0 Å². The lowest BCUT2D eigenvalue weighted by Crippen LogP contribution is -2.29. The van der Waals surface area contributed by atoms with Crippen molar-refractivity contribution in [1.82, 2.24) is 5.43 Å². The Morgan fingerprint density at radius 1 is 1.50 bits per heavy atom. The molecule has 1 N–H and O–H groups in total. The van der Waals surface area contributed by atoms with Gasteiger partial charge in [-0.1, -0.05) is 13.8 Å². The lowest BCUT2D eigenvalue weighted by Gasteiger charge is -2.18. The first kappa shape index (κ1) is 12.9. The van der Waals surface area contributed by atoms with Gasteiger partial charge in [-0.3, -0.25) is 0 Å². The molecule has 0 aromatic carbocycles. The van der Waals surface area contributed by atoms with Crippen molar-refractivity contribution in [1.29, 1.82) is 0 Å². The molecule has 1 amide bonds. The van der Waals surface area contributed by atoms with Crippen LogP contribution in [0, 0.1) is 5.92 Å². The second-order valence-corrected chi connectivity index (χ2v) is 4.55. The first-order valence-electron chi connectivity index (χ1n) is 4.82. The van der Waals surface area contributed by atoms with Crippen molar-refractivity contribution in [2.45, 2.75) is 46.6 Å². The zero-order valence-electron chi connectivity index (χ0n) is 9.63. The standard InChI is InChI=1S/C10H20N2O2/c1-8(2)6-7-11-12-9(13)14-10(3,4)5/h7-8H,6H2,1-5H3,(H,12,13). The fourth-order valence-electron chi connectivity index (χ4n) is 0.663. The third-order valence-corrected chi connectivity index (χ3v) is 1.22. The highest BCUT2D eigenvalue weighted by Crippen LogP contribution is 2.06. The molecule has 0 aliphatic rings. The van der Waals surface area contributed by atoms with E-state index < -0.39 is 11.7 Å². The first-order chi connectivity index (χ1) is 6.31. The van der Waals surface area contributed by atoms with Crippen LogP contribution < -0.4 is 5.43 Å². The Balaban J connectivity index is 3.70. The molecule has 14 heavy (non-hydrogen) atoms. The fraction of sp³-hybridized carbons (Fsp3) is 0.800. The van der Waals surface area contributed by atoms with E-state index in [-0.39, 0.29) is 0 Å². The zero-order chi connectivity index (χ0) is 11.2. The van der Waals surface area contributed by atoms with Gasteiger partial charge in [0, 0.05) is 6.21 Å². The van der Waals surface area contributed by atoms with Gasteiger partial charge < -0.3 is 4.74 Å². The summed E-state index contributed by atoms with van der Waals surface area (Å²) in [6.45, 7) is 9.60. The van der Waals surface area contributed by atoms with Crippen LogP contribution in [-0.2, 0) is 4.74 Å². The summed E-state index contributed by atoms with van der Waals surface area (Å²) in [6.07, 6.45) is 2.00. The van der Waals surface area contributed by atoms with E-state index in [4.69, 9.17) is 4.74 Å². The average molecular weight is 200 g/mol. The van der Waals surface area contributed by atoms with Gasteiger partial charge in [-0.2, -0.15) is 5.10 Å². The van der Waals surface area contributed by atoms with Crippen LogP contribution in [-0.4, -0.2) is 17.9 Å². The maximum atomic E-state index is 11.1. The normalized spacial score (nSPS) is 12.1. The van der Waals surface area contributed by atoms with Crippen molar-refractivity contribution >= 4 is 12.3 Å². The monoisotopic (exact) mass is 200 g/mol. The van der Waals surface area contributed by atoms with E-state index in [2.05, 4.69) is 24.4 Å². The Hall–Kier alpha value is -1.06. The number of hydrogen-bond donors (Lipinski definition) is 1. The summed E-state index contributed by atoms with van der Waals surface area (Å²) < 4.78 is 4.98. The molecule has 4 heteroatoms. The molecular formula is C10H20N2O2. The molecule has 0 aromatic rings. The van der Waals surface area contributed by atoms with Gasteiger partial charge in [0.25, 0.3) is 0 Å². The van der Waals surface area contributed by atoms with E-state index >= 15 is 0 Å². The second-order valence-electron chi connectivity index (χ2n) is 4.55. The summed E-state index contributed by atoms with van der Waals surface area (Å²) in [6, 6.07) is 0. The number of rotatable bonds is 3. The highest BCUT2D eigenvalue weighted by molar-refractivity contribution is 5.69. The molecule has 0 rings (SSSR count). The Bertz CT molecular complexity index is 205. The van der Waals surface area contributed by atoms with Gasteiger partial charge in [0.2, 0.25) is 0 Å². The van der Waals surface area contributed by atoms with E-state index in [9.17, 15) is 4.79 Å². The molecule has 82 valence electrons. The number of nitrogens with one attached hydrogen (secondary N) is 1. The maximum absolute atomic E-state index is 11.1. The smallest absolute Gasteiger partial charge is 0.428 e. The highest BCUT2D eigenvalue weighted by atomic mass is 16.6. The van der Waals surface area contributed by atoms with E-state index in [1.807, 2.05) is 20.8 Å². The van der Waals surface area contributed by atoms with Crippen LogP contribution in [0.15, 0.2) is 5.10 Å². The zero-order valence-corrected chi connectivity index (χ0v) is 9.63. The van der Waals surface area contributed by atoms with Crippen molar-refractivity contribution < 1.29 is 9.53 Å². The predicted molar refractivity (Wildman–Crippen MR) is 57.3 cm³/mol. The lowest BCUT2D eigenvalue weighted by molar-refractivity contribution is 0.0529. The molecule has 0 atom stereocenters. The topological polar surface area (TPSA) is 50.7 Å². The number of hydrogen-bond acceptors (Lipinski definition) is 3. The lowest BCUT2D eigenvalue weighted by atomic mass is 10.2. The highest BCUT2D eigenvalue weighted by Gasteiger charge is 2.15. The molecule has 0 radical (unpaired) electrons. The van der Waals surface area contributed by atoms with Crippen LogP contribution in [0.2, 0.25) is 0 Å². The van der Waals surface area contributed by atoms with E-state index in [1.165, 1.54) is 0 Å². The van der Waals surface area contributed by atoms with Crippen LogP contribution in [0.4, 0.5) is 4.79 Å². The van der Waals surface area contributed by atoms with Crippen LogP contribution in [0.5, 0.6) is 0 Å². The van der Waals surface area contributed by atoms with E-state index in [0.717, 1.165) is 6.42 Å². The molecule has 0 aliphatic heterocycles. The minimum absolute atomic E-state index is 0.475. The van der Waals surface area contributed by atoms with Gasteiger partial charge in [0.1, 0.15) is 5.60 Å².